The Morgan fingerprint density at radius 1 is 0.483 bits per heavy atom. The summed E-state index contributed by atoms with van der Waals surface area (Å²) in [6, 6.07) is 26.5. The van der Waals surface area contributed by atoms with Crippen molar-refractivity contribution in [2.75, 3.05) is 13.1 Å². The van der Waals surface area contributed by atoms with Crippen LogP contribution in [0.3, 0.4) is 0 Å². The van der Waals surface area contributed by atoms with E-state index >= 15 is 8.78 Å². The van der Waals surface area contributed by atoms with E-state index in [1.54, 1.807) is 50.4 Å². The van der Waals surface area contributed by atoms with Gasteiger partial charge in [0, 0.05) is 95.3 Å². The summed E-state index contributed by atoms with van der Waals surface area (Å²) in [6.07, 6.45) is 13.4. The number of fused-ring (bicyclic) bond motifs is 6. The molecule has 6 aromatic carbocycles. The molecule has 1 aliphatic heterocycles. The van der Waals surface area contributed by atoms with Gasteiger partial charge in [-0.05, 0) is 202 Å². The van der Waals surface area contributed by atoms with Crippen LogP contribution in [0.15, 0.2) is 116 Å². The number of rotatable bonds is 6. The van der Waals surface area contributed by atoms with Crippen molar-refractivity contribution in [1.29, 1.82) is 0 Å². The van der Waals surface area contributed by atoms with E-state index in [1.165, 1.54) is 24.1 Å². The first-order chi connectivity index (χ1) is 42.3. The van der Waals surface area contributed by atoms with Crippen LogP contribution in [0.25, 0.3) is 105 Å². The van der Waals surface area contributed by atoms with Gasteiger partial charge in [-0.15, -0.1) is 43.0 Å². The molecule has 0 spiro atoms. The normalized spacial score (nSPS) is 19.5. The summed E-state index contributed by atoms with van der Waals surface area (Å²) in [7, 11) is 5.65. The van der Waals surface area contributed by atoms with E-state index in [0.717, 1.165) is 104 Å². The number of aryl methyl sites for hydroxylation is 6. The van der Waals surface area contributed by atoms with Crippen LogP contribution in [0, 0.1) is 38.2 Å². The van der Waals surface area contributed by atoms with Crippen LogP contribution in [0.5, 0.6) is 0 Å². The summed E-state index contributed by atoms with van der Waals surface area (Å²) in [5.41, 5.74) is 11.4. The fourth-order valence-corrected chi connectivity index (χ4v) is 12.9. The molecular weight excluding hydrogens is 1160 g/mol. The Balaban J connectivity index is 0.000000129. The third kappa shape index (κ3) is 11.6. The third-order valence-electron chi connectivity index (χ3n) is 17.7. The van der Waals surface area contributed by atoms with Crippen molar-refractivity contribution in [1.82, 2.24) is 65.3 Å². The predicted molar refractivity (Wildman–Crippen MR) is 341 cm³/mol. The van der Waals surface area contributed by atoms with Crippen LogP contribution in [0.1, 0.15) is 91.2 Å². The van der Waals surface area contributed by atoms with Crippen molar-refractivity contribution in [2.24, 2.45) is 21.1 Å². The maximum atomic E-state index is 15.1. The fraction of sp³-hybridized carbons (Fsp3) is 0.309. The van der Waals surface area contributed by atoms with E-state index in [9.17, 15) is 24.8 Å². The van der Waals surface area contributed by atoms with Crippen molar-refractivity contribution in [2.45, 2.75) is 102 Å². The molecule has 3 aliphatic rings. The number of nitrogens with zero attached hydrogens (tertiary/aromatic N) is 12. The van der Waals surface area contributed by atoms with Crippen molar-refractivity contribution < 1.29 is 33.6 Å². The summed E-state index contributed by atoms with van der Waals surface area (Å²) >= 11 is 0. The van der Waals surface area contributed by atoms with Gasteiger partial charge in [-0.2, -0.15) is 15.3 Å². The first-order valence-electron chi connectivity index (χ1n) is 29.7. The van der Waals surface area contributed by atoms with Gasteiger partial charge in [0.1, 0.15) is 28.7 Å². The molecule has 15 rings (SSSR count). The van der Waals surface area contributed by atoms with Crippen LogP contribution in [-0.4, -0.2) is 106 Å². The van der Waals surface area contributed by atoms with Gasteiger partial charge in [0.25, 0.3) is 0 Å². The smallest absolute Gasteiger partial charge is 0.133 e. The highest BCUT2D eigenvalue weighted by molar-refractivity contribution is 5.92. The molecule has 0 unspecified atom stereocenters. The van der Waals surface area contributed by atoms with E-state index in [4.69, 9.17) is 0 Å². The molecular formula is C68H67ClF3N13O4. The molecule has 21 heteroatoms. The minimum atomic E-state index is -1.51. The lowest BCUT2D eigenvalue weighted by molar-refractivity contribution is -0.106. The van der Waals surface area contributed by atoms with Gasteiger partial charge in [0.15, 0.2) is 0 Å². The topological polar surface area (TPSA) is 224 Å². The van der Waals surface area contributed by atoms with Crippen LogP contribution in [0.2, 0.25) is 0 Å². The molecule has 12 aromatic rings. The summed E-state index contributed by atoms with van der Waals surface area (Å²) in [5.74, 6) is -1.23. The monoisotopic (exact) mass is 1220 g/mol. The molecule has 89 heavy (non-hydrogen) atoms. The third-order valence-corrected chi connectivity index (χ3v) is 17.7. The van der Waals surface area contributed by atoms with Gasteiger partial charge in [-0.25, -0.2) is 13.2 Å². The van der Waals surface area contributed by atoms with Crippen molar-refractivity contribution in [3.8, 4) is 33.8 Å². The van der Waals surface area contributed by atoms with Crippen LogP contribution < -0.4 is 5.32 Å². The maximum absolute atomic E-state index is 15.1. The molecule has 1 saturated heterocycles. The summed E-state index contributed by atoms with van der Waals surface area (Å²) in [4.78, 5) is 0. The van der Waals surface area contributed by atoms with Crippen LogP contribution in [0.4, 0.5) is 13.2 Å². The second-order valence-corrected chi connectivity index (χ2v) is 24.0. The molecule has 2 aliphatic carbocycles. The van der Waals surface area contributed by atoms with Crippen molar-refractivity contribution >= 4 is 83.4 Å². The number of aliphatic hydroxyl groups excluding tert-OH is 2. The number of piperidine rings is 1. The van der Waals surface area contributed by atoms with Crippen LogP contribution >= 0.6 is 12.4 Å². The lowest BCUT2D eigenvalue weighted by Gasteiger charge is -2.37. The summed E-state index contributed by atoms with van der Waals surface area (Å²) < 4.78 is 50.3. The molecule has 6 aromatic heterocycles. The Bertz CT molecular complexity index is 4580. The number of benzene rings is 6. The zero-order chi connectivity index (χ0) is 61.3. The first-order valence-corrected chi connectivity index (χ1v) is 29.7. The van der Waals surface area contributed by atoms with Gasteiger partial charge in [-0.3, -0.25) is 14.0 Å². The average molecular weight is 1220 g/mol. The Labute approximate surface area is 516 Å². The highest BCUT2D eigenvalue weighted by Gasteiger charge is 2.41. The molecule has 2 fully saturated rings. The molecule has 4 atom stereocenters. The number of β-amino-alcohol motifs (C(OH)–C–C–N with tert-alkyl or cyclic N) is 1. The minimum absolute atomic E-state index is 0. The zero-order valence-electron chi connectivity index (χ0n) is 50.1. The van der Waals surface area contributed by atoms with Gasteiger partial charge in [0.05, 0.1) is 62.4 Å². The number of hydrogen-bond donors (Lipinski definition) is 5. The number of aliphatic hydroxyl groups is 4. The highest BCUT2D eigenvalue weighted by Crippen LogP contribution is 2.41. The largest absolute Gasteiger partial charge is 0.390 e. The van der Waals surface area contributed by atoms with E-state index in [1.807, 2.05) is 103 Å². The van der Waals surface area contributed by atoms with Gasteiger partial charge < -0.3 is 25.7 Å². The minimum Gasteiger partial charge on any atom is -0.390 e. The average Bonchev–Trinajstić information content (AvgIpc) is 1.80. The molecule has 1 saturated carbocycles. The molecule has 0 bridgehead atoms. The lowest BCUT2D eigenvalue weighted by atomic mass is 9.77. The van der Waals surface area contributed by atoms with Gasteiger partial charge in [-0.1, -0.05) is 18.9 Å². The molecule has 17 nitrogen and oxygen atoms in total. The Morgan fingerprint density at radius 2 is 0.921 bits per heavy atom. The van der Waals surface area contributed by atoms with Gasteiger partial charge in [0.2, 0.25) is 0 Å². The van der Waals surface area contributed by atoms with E-state index in [-0.39, 0.29) is 31.2 Å². The number of nitrogens with one attached hydrogen (secondary N) is 1. The summed E-state index contributed by atoms with van der Waals surface area (Å²) in [6.45, 7) is 6.77. The first kappa shape index (κ1) is 60.6. The summed E-state index contributed by atoms with van der Waals surface area (Å²) in [5, 5.41) is 88.9. The van der Waals surface area contributed by atoms with Crippen molar-refractivity contribution in [3.05, 3.63) is 166 Å². The molecule has 7 heterocycles. The van der Waals surface area contributed by atoms with E-state index in [0.29, 0.717) is 80.3 Å². The second kappa shape index (κ2) is 24.1. The second-order valence-electron chi connectivity index (χ2n) is 24.0. The molecule has 0 amide bonds. The maximum Gasteiger partial charge on any atom is 0.133 e. The fourth-order valence-electron chi connectivity index (χ4n) is 12.9. The molecule has 456 valence electrons. The van der Waals surface area contributed by atoms with Crippen LogP contribution in [-0.2, 0) is 32.3 Å². The van der Waals surface area contributed by atoms with Gasteiger partial charge >= 0.3 is 0 Å². The van der Waals surface area contributed by atoms with E-state index < -0.39 is 35.0 Å². The Morgan fingerprint density at radius 3 is 1.35 bits per heavy atom. The number of hydrogen-bond acceptors (Lipinski definition) is 14. The van der Waals surface area contributed by atoms with E-state index in [2.05, 4.69) is 57.3 Å². The number of allylic oxidation sites excluding steroid dienone is 2. The standard InChI is InChI=1S/C23H23FN4O2.C23H21FN4.C22H22FN5O2.ClH/c1-13-7-14(8-15-12-28(2)27-22(13)15)19-11-17-18(24)9-16(10-20(17)26-25-19)23(30)6-4-3-5-21(23)29;1-14-8-17(9-18-13-28(2)27-23(14)18)21-12-19-20(24)10-16(11-22(19)26-25-21)15-6-4-3-5-7-15;1-12-5-13(6-14-11-28(2)27-21(12)14)18-9-16-17(23)7-15(8-19(16)26-25-18)22(30)3-4-24-10-20(22)29;/h7-12,21,29-30H,3-6H2,1-2H3;6,8-13H,3-5,7H2,1-2H3;5-9,11,20,24,29-30H,3-4,10H2,1-2H3;1H/t21-,23-;;20-,22-;/m0.0./s1. The number of aromatic nitrogens is 12. The molecule has 0 radical (unpaired) electrons. The highest BCUT2D eigenvalue weighted by atomic mass is 35.5. The molecule has 5 N–H and O–H groups in total. The quantitative estimate of drug-likeness (QED) is 0.104. The SMILES string of the molecule is Cc1cc(-c2cc3c(F)cc(C4=CCCCC4)cc3nn2)cc2cn(C)nc12.Cc1cc(-c2cc3c(F)cc([C@@]4(O)CCCC[C@@H]4O)cc3nn2)cc2cn(C)nc12.Cc1cc(-c2cc3c(F)cc([C@@]4(O)CCNC[C@@H]4O)cc3nn2)cc2cn(C)nc12.Cl. The lowest BCUT2D eigenvalue weighted by Crippen LogP contribution is -2.51. The predicted octanol–water partition coefficient (Wildman–Crippen LogP) is 11.9. The zero-order valence-corrected chi connectivity index (χ0v) is 50.9. The number of halogens is 4. The van der Waals surface area contributed by atoms with Crippen molar-refractivity contribution in [3.63, 3.8) is 0 Å². The Kier molecular flexibility index (Phi) is 16.4. The Hall–Kier alpha value is -8.63.